The van der Waals surface area contributed by atoms with Crippen molar-refractivity contribution in [3.63, 3.8) is 0 Å². The zero-order chi connectivity index (χ0) is 15.1. The third-order valence-corrected chi connectivity index (χ3v) is 3.00. The third kappa shape index (κ3) is 1.89. The summed E-state index contributed by atoms with van der Waals surface area (Å²) in [5.74, 6) is -0.629. The smallest absolute Gasteiger partial charge is 0.314 e. The molecule has 3 aromatic rings. The van der Waals surface area contributed by atoms with Crippen molar-refractivity contribution in [3.8, 4) is 11.3 Å². The van der Waals surface area contributed by atoms with E-state index in [1.807, 2.05) is 0 Å². The summed E-state index contributed by atoms with van der Waals surface area (Å²) in [7, 11) is 0. The molecular weight excluding hydrogens is 278 g/mol. The van der Waals surface area contributed by atoms with Gasteiger partial charge >= 0.3 is 5.69 Å². The first-order valence-corrected chi connectivity index (χ1v) is 5.82. The molecule has 0 unspecified atom stereocenters. The standard InChI is InChI=1S/C11H9N7O3/c1-5-8(10(12)19)11-13-2-6(4-17(11)16-5)9-7(18(20)21)3-14-15-9/h2-4H,1H3,(H2,12,19)(H,14,15). The van der Waals surface area contributed by atoms with Crippen molar-refractivity contribution in [1.82, 2.24) is 24.8 Å². The Hall–Kier alpha value is -3.30. The van der Waals surface area contributed by atoms with Gasteiger partial charge in [-0.3, -0.25) is 20.0 Å². The number of nitrogens with two attached hydrogens (primary N) is 1. The summed E-state index contributed by atoms with van der Waals surface area (Å²) < 4.78 is 1.36. The number of nitrogens with one attached hydrogen (secondary N) is 1. The number of hydrogen-bond acceptors (Lipinski definition) is 6. The van der Waals surface area contributed by atoms with Crippen LogP contribution in [0.5, 0.6) is 0 Å². The van der Waals surface area contributed by atoms with Crippen LogP contribution in [0.15, 0.2) is 18.6 Å². The number of nitrogens with zero attached hydrogens (tertiary/aromatic N) is 5. The first kappa shape index (κ1) is 12.7. The molecule has 0 bridgehead atoms. The Labute approximate surface area is 116 Å². The number of rotatable bonds is 3. The van der Waals surface area contributed by atoms with E-state index in [2.05, 4.69) is 20.3 Å². The Morgan fingerprint density at radius 3 is 2.90 bits per heavy atom. The molecule has 0 saturated carbocycles. The van der Waals surface area contributed by atoms with Crippen molar-refractivity contribution in [3.05, 3.63) is 40.0 Å². The van der Waals surface area contributed by atoms with Gasteiger partial charge in [-0.25, -0.2) is 9.50 Å². The van der Waals surface area contributed by atoms with Crippen molar-refractivity contribution >= 4 is 17.2 Å². The number of aromatic nitrogens is 5. The molecule has 106 valence electrons. The van der Waals surface area contributed by atoms with Crippen LogP contribution in [-0.2, 0) is 0 Å². The van der Waals surface area contributed by atoms with E-state index in [-0.39, 0.29) is 16.9 Å². The number of amides is 1. The molecule has 0 saturated heterocycles. The third-order valence-electron chi connectivity index (χ3n) is 3.00. The summed E-state index contributed by atoms with van der Waals surface area (Å²) in [5.41, 5.74) is 6.70. The molecule has 3 aromatic heterocycles. The minimum Gasteiger partial charge on any atom is -0.365 e. The second-order valence-corrected chi connectivity index (χ2v) is 4.32. The summed E-state index contributed by atoms with van der Waals surface area (Å²) in [5, 5.41) is 21.2. The van der Waals surface area contributed by atoms with E-state index in [0.29, 0.717) is 16.9 Å². The number of aryl methyl sites for hydroxylation is 1. The molecular formula is C11H9N7O3. The second kappa shape index (κ2) is 4.37. The monoisotopic (exact) mass is 287 g/mol. The number of fused-ring (bicyclic) bond motifs is 1. The van der Waals surface area contributed by atoms with E-state index in [1.54, 1.807) is 6.92 Å². The second-order valence-electron chi connectivity index (χ2n) is 4.32. The number of primary amides is 1. The molecule has 21 heavy (non-hydrogen) atoms. The maximum atomic E-state index is 11.4. The average molecular weight is 287 g/mol. The van der Waals surface area contributed by atoms with E-state index in [9.17, 15) is 14.9 Å². The zero-order valence-corrected chi connectivity index (χ0v) is 10.8. The zero-order valence-electron chi connectivity index (χ0n) is 10.8. The number of carbonyl (C=O) groups excluding carboxylic acids is 1. The highest BCUT2D eigenvalue weighted by molar-refractivity contribution is 5.99. The fourth-order valence-corrected chi connectivity index (χ4v) is 2.09. The Morgan fingerprint density at radius 2 is 2.24 bits per heavy atom. The van der Waals surface area contributed by atoms with Gasteiger partial charge in [0.25, 0.3) is 5.91 Å². The summed E-state index contributed by atoms with van der Waals surface area (Å²) in [6, 6.07) is 0. The van der Waals surface area contributed by atoms with E-state index in [4.69, 9.17) is 5.73 Å². The molecule has 0 aliphatic rings. The number of nitro groups is 1. The van der Waals surface area contributed by atoms with Crippen LogP contribution in [0, 0.1) is 17.0 Å². The van der Waals surface area contributed by atoms with Crippen molar-refractivity contribution in [2.45, 2.75) is 6.92 Å². The normalized spacial score (nSPS) is 10.9. The molecule has 3 rings (SSSR count). The highest BCUT2D eigenvalue weighted by Crippen LogP contribution is 2.27. The first-order chi connectivity index (χ1) is 9.99. The Bertz CT molecular complexity index is 879. The van der Waals surface area contributed by atoms with Gasteiger partial charge in [0.15, 0.2) is 5.65 Å². The molecule has 0 radical (unpaired) electrons. The van der Waals surface area contributed by atoms with Crippen molar-refractivity contribution in [2.24, 2.45) is 5.73 Å². The fraction of sp³-hybridized carbons (Fsp3) is 0.0909. The van der Waals surface area contributed by atoms with Crippen LogP contribution in [0.25, 0.3) is 16.9 Å². The molecule has 0 fully saturated rings. The van der Waals surface area contributed by atoms with Crippen LogP contribution in [0.3, 0.4) is 0 Å². The minimum atomic E-state index is -0.629. The predicted octanol–water partition coefficient (Wildman–Crippen LogP) is 0.435. The lowest BCUT2D eigenvalue weighted by Crippen LogP contribution is -2.12. The number of aromatic amines is 1. The van der Waals surface area contributed by atoms with E-state index in [1.165, 1.54) is 16.9 Å². The van der Waals surface area contributed by atoms with Crippen LogP contribution >= 0.6 is 0 Å². The van der Waals surface area contributed by atoms with Gasteiger partial charge < -0.3 is 5.73 Å². The van der Waals surface area contributed by atoms with Crippen molar-refractivity contribution in [2.75, 3.05) is 0 Å². The van der Waals surface area contributed by atoms with E-state index < -0.39 is 10.8 Å². The molecule has 10 nitrogen and oxygen atoms in total. The van der Waals surface area contributed by atoms with Gasteiger partial charge in [-0.1, -0.05) is 0 Å². The quantitative estimate of drug-likeness (QED) is 0.527. The van der Waals surface area contributed by atoms with Crippen LogP contribution in [0.2, 0.25) is 0 Å². The summed E-state index contributed by atoms with van der Waals surface area (Å²) in [6.45, 7) is 1.63. The van der Waals surface area contributed by atoms with Crippen molar-refractivity contribution in [1.29, 1.82) is 0 Å². The van der Waals surface area contributed by atoms with Gasteiger partial charge in [0.1, 0.15) is 17.5 Å². The van der Waals surface area contributed by atoms with Gasteiger partial charge in [-0.15, -0.1) is 0 Å². The van der Waals surface area contributed by atoms with Crippen LogP contribution < -0.4 is 5.73 Å². The van der Waals surface area contributed by atoms with Gasteiger partial charge in [0.2, 0.25) is 0 Å². The molecule has 0 spiro atoms. The molecule has 3 heterocycles. The average Bonchev–Trinajstić information content (AvgIpc) is 2.99. The largest absolute Gasteiger partial charge is 0.365 e. The number of carbonyl (C=O) groups is 1. The molecule has 0 aliphatic heterocycles. The first-order valence-electron chi connectivity index (χ1n) is 5.82. The summed E-state index contributed by atoms with van der Waals surface area (Å²) in [6.07, 6.45) is 4.02. The van der Waals surface area contributed by atoms with E-state index in [0.717, 1.165) is 6.20 Å². The maximum absolute atomic E-state index is 11.4. The lowest BCUT2D eigenvalue weighted by molar-refractivity contribution is -0.384. The Morgan fingerprint density at radius 1 is 1.48 bits per heavy atom. The lowest BCUT2D eigenvalue weighted by Gasteiger charge is -1.99. The highest BCUT2D eigenvalue weighted by Gasteiger charge is 2.20. The lowest BCUT2D eigenvalue weighted by atomic mass is 10.2. The molecule has 10 heteroatoms. The van der Waals surface area contributed by atoms with Gasteiger partial charge in [0.05, 0.1) is 10.6 Å². The fourth-order valence-electron chi connectivity index (χ4n) is 2.09. The molecule has 0 aromatic carbocycles. The Kier molecular flexibility index (Phi) is 2.65. The molecule has 1 amide bonds. The van der Waals surface area contributed by atoms with Gasteiger partial charge in [0, 0.05) is 18.0 Å². The van der Waals surface area contributed by atoms with Crippen molar-refractivity contribution < 1.29 is 9.72 Å². The summed E-state index contributed by atoms with van der Waals surface area (Å²) in [4.78, 5) is 25.8. The van der Waals surface area contributed by atoms with Crippen LogP contribution in [0.4, 0.5) is 5.69 Å². The maximum Gasteiger partial charge on any atom is 0.314 e. The number of hydrogen-bond donors (Lipinski definition) is 2. The van der Waals surface area contributed by atoms with Crippen LogP contribution in [0.1, 0.15) is 16.1 Å². The molecule has 0 atom stereocenters. The Balaban J connectivity index is 2.21. The van der Waals surface area contributed by atoms with E-state index >= 15 is 0 Å². The molecule has 3 N–H and O–H groups in total. The topological polar surface area (TPSA) is 145 Å². The minimum absolute atomic E-state index is 0.171. The highest BCUT2D eigenvalue weighted by atomic mass is 16.6. The SMILES string of the molecule is Cc1nn2cc(-c3[nH]ncc3[N+](=O)[O-])cnc2c1C(N)=O. The van der Waals surface area contributed by atoms with Crippen LogP contribution in [-0.4, -0.2) is 35.6 Å². The number of H-pyrrole nitrogens is 1. The van der Waals surface area contributed by atoms with Gasteiger partial charge in [-0.05, 0) is 6.92 Å². The van der Waals surface area contributed by atoms with Gasteiger partial charge in [-0.2, -0.15) is 10.2 Å². The molecule has 0 aliphatic carbocycles. The predicted molar refractivity (Wildman–Crippen MR) is 70.5 cm³/mol. The summed E-state index contributed by atoms with van der Waals surface area (Å²) >= 11 is 0.